The number of hydrogen-bond donors (Lipinski definition) is 0. The van der Waals surface area contributed by atoms with Crippen molar-refractivity contribution < 1.29 is 23.6 Å². The molecule has 0 atom stereocenters. The van der Waals surface area contributed by atoms with Crippen LogP contribution in [0, 0.1) is 0 Å². The van der Waals surface area contributed by atoms with Crippen LogP contribution in [0.15, 0.2) is 65.2 Å². The van der Waals surface area contributed by atoms with Gasteiger partial charge < -0.3 is 14.0 Å². The molecule has 0 saturated heterocycles. The van der Waals surface area contributed by atoms with Gasteiger partial charge in [-0.25, -0.2) is 0 Å². The molecule has 0 aliphatic heterocycles. The molecule has 0 bridgehead atoms. The van der Waals surface area contributed by atoms with Gasteiger partial charge in [-0.3, -0.25) is 9.59 Å². The van der Waals surface area contributed by atoms with Crippen LogP contribution in [0.25, 0.3) is 22.6 Å². The maximum Gasteiger partial charge on any atom is 0.324 e. The van der Waals surface area contributed by atoms with Crippen LogP contribution in [-0.2, 0) is 19.1 Å². The zero-order chi connectivity index (χ0) is 18.5. The van der Waals surface area contributed by atoms with Crippen molar-refractivity contribution >= 4 is 11.9 Å². The summed E-state index contributed by atoms with van der Waals surface area (Å²) in [6, 6.07) is 18.3. The smallest absolute Gasteiger partial charge is 0.324 e. The summed E-state index contributed by atoms with van der Waals surface area (Å²) < 4.78 is 15.2. The van der Waals surface area contributed by atoms with Crippen molar-refractivity contribution in [1.29, 1.82) is 0 Å². The first-order valence-electron chi connectivity index (χ1n) is 7.93. The number of rotatable bonds is 5. The number of methoxy groups -OCH3 is 2. The molecule has 0 amide bonds. The molecule has 2 aromatic carbocycles. The van der Waals surface area contributed by atoms with E-state index in [0.29, 0.717) is 28.1 Å². The second-order valence-corrected chi connectivity index (χ2v) is 5.49. The number of esters is 2. The molecule has 0 N–H and O–H groups in total. The molecule has 0 radical (unpaired) electrons. The number of hydrogen-bond acceptors (Lipinski definition) is 6. The van der Waals surface area contributed by atoms with E-state index in [-0.39, 0.29) is 0 Å². The molecule has 3 aromatic rings. The number of aromatic nitrogens is 1. The van der Waals surface area contributed by atoms with Crippen molar-refractivity contribution in [2.75, 3.05) is 14.2 Å². The Kier molecular flexibility index (Phi) is 5.12. The van der Waals surface area contributed by atoms with E-state index in [1.54, 1.807) is 0 Å². The van der Waals surface area contributed by atoms with E-state index in [4.69, 9.17) is 14.0 Å². The third-order valence-electron chi connectivity index (χ3n) is 3.97. The van der Waals surface area contributed by atoms with Crippen LogP contribution >= 0.6 is 0 Å². The average molecular weight is 351 g/mol. The van der Waals surface area contributed by atoms with Crippen molar-refractivity contribution in [2.45, 2.75) is 5.92 Å². The van der Waals surface area contributed by atoms with Crippen LogP contribution in [-0.4, -0.2) is 31.3 Å². The van der Waals surface area contributed by atoms with E-state index in [1.165, 1.54) is 14.2 Å². The van der Waals surface area contributed by atoms with Gasteiger partial charge in [0.05, 0.1) is 19.8 Å². The van der Waals surface area contributed by atoms with Crippen LogP contribution in [0.4, 0.5) is 0 Å². The van der Waals surface area contributed by atoms with Crippen LogP contribution in [0.5, 0.6) is 0 Å². The third-order valence-corrected chi connectivity index (χ3v) is 3.97. The van der Waals surface area contributed by atoms with E-state index in [2.05, 4.69) is 5.16 Å². The molecule has 6 heteroatoms. The normalized spacial score (nSPS) is 10.6. The molecule has 26 heavy (non-hydrogen) atoms. The first-order valence-corrected chi connectivity index (χ1v) is 7.93. The molecule has 6 nitrogen and oxygen atoms in total. The van der Waals surface area contributed by atoms with E-state index in [9.17, 15) is 9.59 Å². The molecule has 0 aliphatic carbocycles. The maximum absolute atomic E-state index is 12.4. The van der Waals surface area contributed by atoms with Gasteiger partial charge in [0.2, 0.25) is 0 Å². The first kappa shape index (κ1) is 17.4. The lowest BCUT2D eigenvalue weighted by Gasteiger charge is -2.14. The molecule has 3 rings (SSSR count). The fraction of sp³-hybridized carbons (Fsp3) is 0.150. The van der Waals surface area contributed by atoms with Crippen molar-refractivity contribution in [3.05, 3.63) is 66.2 Å². The molecule has 1 heterocycles. The summed E-state index contributed by atoms with van der Waals surface area (Å²) in [5.74, 6) is -2.46. The number of benzene rings is 2. The van der Waals surface area contributed by atoms with E-state index in [1.807, 2.05) is 60.7 Å². The summed E-state index contributed by atoms with van der Waals surface area (Å²) in [6.45, 7) is 0. The summed E-state index contributed by atoms with van der Waals surface area (Å²) in [5, 5.41) is 4.13. The lowest BCUT2D eigenvalue weighted by Crippen LogP contribution is -2.25. The number of carbonyl (C=O) groups is 2. The van der Waals surface area contributed by atoms with Crippen LogP contribution in [0.1, 0.15) is 11.5 Å². The highest BCUT2D eigenvalue weighted by atomic mass is 16.5. The van der Waals surface area contributed by atoms with Crippen LogP contribution in [0.3, 0.4) is 0 Å². The summed E-state index contributed by atoms with van der Waals surface area (Å²) in [6.07, 6.45) is 0. The fourth-order valence-electron chi connectivity index (χ4n) is 2.73. The minimum atomic E-state index is -1.30. The third kappa shape index (κ3) is 3.21. The second kappa shape index (κ2) is 7.65. The Morgan fingerprint density at radius 2 is 1.35 bits per heavy atom. The molecule has 0 spiro atoms. The van der Waals surface area contributed by atoms with E-state index < -0.39 is 17.9 Å². The fourth-order valence-corrected chi connectivity index (χ4v) is 2.73. The van der Waals surface area contributed by atoms with E-state index >= 15 is 0 Å². The number of carbonyl (C=O) groups excluding carboxylic acids is 2. The molecule has 0 unspecified atom stereocenters. The molecular formula is C20H17NO5. The molecule has 0 fully saturated rings. The lowest BCUT2D eigenvalue weighted by atomic mass is 9.91. The minimum absolute atomic E-state index is 0.320. The molecule has 0 aliphatic rings. The van der Waals surface area contributed by atoms with Crippen molar-refractivity contribution in [3.63, 3.8) is 0 Å². The van der Waals surface area contributed by atoms with Crippen molar-refractivity contribution in [2.24, 2.45) is 0 Å². The highest BCUT2D eigenvalue weighted by molar-refractivity contribution is 6.03. The lowest BCUT2D eigenvalue weighted by molar-refractivity contribution is -0.154. The van der Waals surface area contributed by atoms with Gasteiger partial charge in [0.25, 0.3) is 0 Å². The summed E-state index contributed by atoms with van der Waals surface area (Å²) in [7, 11) is 2.44. The SMILES string of the molecule is COC(=O)C(C(=O)OC)c1c(-c2ccccc2)noc1-c1ccccc1. The van der Waals surface area contributed by atoms with Gasteiger partial charge in [0.15, 0.2) is 11.7 Å². The monoisotopic (exact) mass is 351 g/mol. The topological polar surface area (TPSA) is 78.6 Å². The summed E-state index contributed by atoms with van der Waals surface area (Å²) in [5.41, 5.74) is 2.12. The van der Waals surface area contributed by atoms with Crippen LogP contribution in [0.2, 0.25) is 0 Å². The van der Waals surface area contributed by atoms with E-state index in [0.717, 1.165) is 0 Å². The van der Waals surface area contributed by atoms with Gasteiger partial charge in [-0.1, -0.05) is 65.8 Å². The van der Waals surface area contributed by atoms with Gasteiger partial charge in [0, 0.05) is 11.1 Å². The van der Waals surface area contributed by atoms with Gasteiger partial charge in [-0.15, -0.1) is 0 Å². The predicted octanol–water partition coefficient (Wildman–Crippen LogP) is 3.44. The average Bonchev–Trinajstić information content (AvgIpc) is 3.13. The zero-order valence-electron chi connectivity index (χ0n) is 14.3. The molecule has 1 aromatic heterocycles. The Bertz CT molecular complexity index is 829. The van der Waals surface area contributed by atoms with Crippen molar-refractivity contribution in [1.82, 2.24) is 5.16 Å². The molecular weight excluding hydrogens is 334 g/mol. The maximum atomic E-state index is 12.4. The highest BCUT2D eigenvalue weighted by Gasteiger charge is 2.38. The Morgan fingerprint density at radius 1 is 0.846 bits per heavy atom. The molecule has 132 valence electrons. The minimum Gasteiger partial charge on any atom is -0.468 e. The Hall–Kier alpha value is -3.41. The number of ether oxygens (including phenoxy) is 2. The zero-order valence-corrected chi connectivity index (χ0v) is 14.3. The largest absolute Gasteiger partial charge is 0.468 e. The number of nitrogens with zero attached hydrogens (tertiary/aromatic N) is 1. The first-order chi connectivity index (χ1) is 12.7. The Morgan fingerprint density at radius 3 is 1.85 bits per heavy atom. The van der Waals surface area contributed by atoms with Gasteiger partial charge in [-0.2, -0.15) is 0 Å². The van der Waals surface area contributed by atoms with Crippen LogP contribution < -0.4 is 0 Å². The van der Waals surface area contributed by atoms with Gasteiger partial charge >= 0.3 is 11.9 Å². The summed E-state index contributed by atoms with van der Waals surface area (Å²) in [4.78, 5) is 24.8. The Labute approximate surface area is 150 Å². The molecule has 0 saturated carbocycles. The second-order valence-electron chi connectivity index (χ2n) is 5.49. The highest BCUT2D eigenvalue weighted by Crippen LogP contribution is 2.38. The van der Waals surface area contributed by atoms with Crippen molar-refractivity contribution in [3.8, 4) is 22.6 Å². The standard InChI is InChI=1S/C20H17NO5/c1-24-19(22)16(20(23)25-2)15-17(13-9-5-3-6-10-13)21-26-18(15)14-11-7-4-8-12-14/h3-12,16H,1-2H3. The van der Waals surface area contributed by atoms with Gasteiger partial charge in [0.1, 0.15) is 5.69 Å². The quantitative estimate of drug-likeness (QED) is 0.517. The van der Waals surface area contributed by atoms with Gasteiger partial charge in [-0.05, 0) is 0 Å². The predicted molar refractivity (Wildman–Crippen MR) is 94.1 cm³/mol. The Balaban J connectivity index is 2.26. The summed E-state index contributed by atoms with van der Waals surface area (Å²) >= 11 is 0.